The molecule has 0 aliphatic rings. The Morgan fingerprint density at radius 2 is 2.21 bits per heavy atom. The standard InChI is InChI=1S/C7H14N4O.2ClH/c1-8-5-7-10-9-6-11(7)3-4-12-2;;/h6,8H,3-5H2,1-2H3;2*1H. The molecule has 0 aliphatic heterocycles. The van der Waals surface area contributed by atoms with Crippen LogP contribution in [0.15, 0.2) is 6.33 Å². The SMILES string of the molecule is CNCc1nncn1CCOC.Cl.Cl. The maximum atomic E-state index is 4.95. The van der Waals surface area contributed by atoms with E-state index in [2.05, 4.69) is 15.5 Å². The Hall–Kier alpha value is -0.360. The maximum absolute atomic E-state index is 4.95. The molecule has 1 aromatic rings. The van der Waals surface area contributed by atoms with E-state index in [0.29, 0.717) is 6.61 Å². The molecule has 1 aromatic heterocycles. The van der Waals surface area contributed by atoms with Crippen molar-refractivity contribution in [3.8, 4) is 0 Å². The molecule has 0 atom stereocenters. The molecular weight excluding hydrogens is 227 g/mol. The summed E-state index contributed by atoms with van der Waals surface area (Å²) in [7, 11) is 3.57. The van der Waals surface area contributed by atoms with Crippen LogP contribution in [0.4, 0.5) is 0 Å². The number of hydrogen-bond acceptors (Lipinski definition) is 4. The van der Waals surface area contributed by atoms with E-state index in [1.807, 2.05) is 11.6 Å². The highest BCUT2D eigenvalue weighted by molar-refractivity contribution is 5.85. The first-order chi connectivity index (χ1) is 5.88. The second-order valence-corrected chi connectivity index (χ2v) is 2.46. The molecule has 0 amide bonds. The molecule has 0 saturated carbocycles. The number of rotatable bonds is 5. The number of nitrogens with one attached hydrogen (secondary N) is 1. The number of nitrogens with zero attached hydrogens (tertiary/aromatic N) is 3. The van der Waals surface area contributed by atoms with Gasteiger partial charge in [0.05, 0.1) is 13.2 Å². The summed E-state index contributed by atoms with van der Waals surface area (Å²) < 4.78 is 6.92. The molecule has 0 radical (unpaired) electrons. The first-order valence-electron chi connectivity index (χ1n) is 3.88. The van der Waals surface area contributed by atoms with Gasteiger partial charge < -0.3 is 14.6 Å². The van der Waals surface area contributed by atoms with Crippen LogP contribution in [0.1, 0.15) is 5.82 Å². The van der Waals surface area contributed by atoms with Gasteiger partial charge in [-0.15, -0.1) is 35.0 Å². The fraction of sp³-hybridized carbons (Fsp3) is 0.714. The van der Waals surface area contributed by atoms with E-state index < -0.39 is 0 Å². The van der Waals surface area contributed by atoms with E-state index in [-0.39, 0.29) is 24.8 Å². The van der Waals surface area contributed by atoms with Crippen molar-refractivity contribution in [2.45, 2.75) is 13.1 Å². The largest absolute Gasteiger partial charge is 0.383 e. The molecule has 0 aliphatic carbocycles. The van der Waals surface area contributed by atoms with Gasteiger partial charge in [-0.25, -0.2) is 0 Å². The van der Waals surface area contributed by atoms with Gasteiger partial charge >= 0.3 is 0 Å². The van der Waals surface area contributed by atoms with Crippen LogP contribution in [-0.4, -0.2) is 35.5 Å². The normalized spacial score (nSPS) is 9.00. The molecule has 0 saturated heterocycles. The van der Waals surface area contributed by atoms with Crippen LogP contribution in [0.3, 0.4) is 0 Å². The lowest BCUT2D eigenvalue weighted by Gasteiger charge is -2.04. The van der Waals surface area contributed by atoms with E-state index in [1.54, 1.807) is 13.4 Å². The molecular formula is C7H16Cl2N4O. The molecule has 0 bridgehead atoms. The number of aromatic nitrogens is 3. The van der Waals surface area contributed by atoms with E-state index >= 15 is 0 Å². The van der Waals surface area contributed by atoms with Gasteiger partial charge in [-0.1, -0.05) is 0 Å². The summed E-state index contributed by atoms with van der Waals surface area (Å²) >= 11 is 0. The molecule has 0 unspecified atom stereocenters. The van der Waals surface area contributed by atoms with Crippen LogP contribution in [0.2, 0.25) is 0 Å². The minimum Gasteiger partial charge on any atom is -0.383 e. The zero-order valence-corrected chi connectivity index (χ0v) is 9.90. The third kappa shape index (κ3) is 4.76. The van der Waals surface area contributed by atoms with Crippen molar-refractivity contribution in [1.29, 1.82) is 0 Å². The van der Waals surface area contributed by atoms with Crippen LogP contribution in [0, 0.1) is 0 Å². The fourth-order valence-corrected chi connectivity index (χ4v) is 0.950. The van der Waals surface area contributed by atoms with Crippen molar-refractivity contribution in [3.63, 3.8) is 0 Å². The molecule has 1 rings (SSSR count). The predicted octanol–water partition coefficient (Wildman–Crippen LogP) is 0.487. The number of ether oxygens (including phenoxy) is 1. The minimum atomic E-state index is 0. The second kappa shape index (κ2) is 9.21. The summed E-state index contributed by atoms with van der Waals surface area (Å²) in [5, 5.41) is 10.8. The van der Waals surface area contributed by atoms with Crippen molar-refractivity contribution >= 4 is 24.8 Å². The highest BCUT2D eigenvalue weighted by atomic mass is 35.5. The third-order valence-corrected chi connectivity index (χ3v) is 1.57. The zero-order chi connectivity index (χ0) is 8.81. The Kier molecular flexibility index (Phi) is 10.6. The smallest absolute Gasteiger partial charge is 0.146 e. The van der Waals surface area contributed by atoms with Crippen molar-refractivity contribution in [3.05, 3.63) is 12.2 Å². The predicted molar refractivity (Wildman–Crippen MR) is 59.2 cm³/mol. The molecule has 0 spiro atoms. The summed E-state index contributed by atoms with van der Waals surface area (Å²) in [5.74, 6) is 0.939. The van der Waals surface area contributed by atoms with Gasteiger partial charge in [-0.3, -0.25) is 0 Å². The van der Waals surface area contributed by atoms with Crippen LogP contribution < -0.4 is 5.32 Å². The Morgan fingerprint density at radius 1 is 1.50 bits per heavy atom. The van der Waals surface area contributed by atoms with Gasteiger partial charge in [-0.2, -0.15) is 0 Å². The Labute approximate surface area is 96.1 Å². The molecule has 0 fully saturated rings. The van der Waals surface area contributed by atoms with Crippen LogP contribution in [0.25, 0.3) is 0 Å². The van der Waals surface area contributed by atoms with E-state index in [9.17, 15) is 0 Å². The first-order valence-corrected chi connectivity index (χ1v) is 3.88. The summed E-state index contributed by atoms with van der Waals surface area (Å²) in [6.07, 6.45) is 1.71. The van der Waals surface area contributed by atoms with Gasteiger partial charge in [-0.05, 0) is 7.05 Å². The third-order valence-electron chi connectivity index (χ3n) is 1.57. The van der Waals surface area contributed by atoms with Crippen molar-refractivity contribution in [1.82, 2.24) is 20.1 Å². The van der Waals surface area contributed by atoms with Gasteiger partial charge in [0.25, 0.3) is 0 Å². The zero-order valence-electron chi connectivity index (χ0n) is 8.27. The lowest BCUT2D eigenvalue weighted by atomic mass is 10.5. The molecule has 7 heteroatoms. The van der Waals surface area contributed by atoms with Crippen molar-refractivity contribution < 1.29 is 4.74 Å². The van der Waals surface area contributed by atoms with Gasteiger partial charge in [0, 0.05) is 13.7 Å². The lowest BCUT2D eigenvalue weighted by molar-refractivity contribution is 0.186. The first kappa shape index (κ1) is 16.1. The van der Waals surface area contributed by atoms with Crippen LogP contribution >= 0.6 is 24.8 Å². The van der Waals surface area contributed by atoms with Gasteiger partial charge in [0.1, 0.15) is 12.2 Å². The highest BCUT2D eigenvalue weighted by Crippen LogP contribution is 1.93. The Balaban J connectivity index is 0. The molecule has 0 aromatic carbocycles. The van der Waals surface area contributed by atoms with Gasteiger partial charge in [0.15, 0.2) is 0 Å². The summed E-state index contributed by atoms with van der Waals surface area (Å²) in [6, 6.07) is 0. The van der Waals surface area contributed by atoms with Crippen molar-refractivity contribution in [2.75, 3.05) is 20.8 Å². The monoisotopic (exact) mass is 242 g/mol. The summed E-state index contributed by atoms with van der Waals surface area (Å²) in [6.45, 7) is 2.24. The second-order valence-electron chi connectivity index (χ2n) is 2.46. The van der Waals surface area contributed by atoms with Crippen LogP contribution in [-0.2, 0) is 17.8 Å². The molecule has 14 heavy (non-hydrogen) atoms. The number of halogens is 2. The fourth-order valence-electron chi connectivity index (χ4n) is 0.950. The van der Waals surface area contributed by atoms with E-state index in [4.69, 9.17) is 4.74 Å². The van der Waals surface area contributed by atoms with Crippen LogP contribution in [0.5, 0.6) is 0 Å². The average molecular weight is 243 g/mol. The summed E-state index contributed by atoms with van der Waals surface area (Å²) in [4.78, 5) is 0. The minimum absolute atomic E-state index is 0. The molecule has 84 valence electrons. The summed E-state index contributed by atoms with van der Waals surface area (Å²) in [5.41, 5.74) is 0. The van der Waals surface area contributed by atoms with Gasteiger partial charge in [0.2, 0.25) is 0 Å². The lowest BCUT2D eigenvalue weighted by Crippen LogP contribution is -2.13. The Bertz CT molecular complexity index is 231. The number of methoxy groups -OCH3 is 1. The van der Waals surface area contributed by atoms with E-state index in [0.717, 1.165) is 18.9 Å². The quantitative estimate of drug-likeness (QED) is 0.817. The van der Waals surface area contributed by atoms with E-state index in [1.165, 1.54) is 0 Å². The maximum Gasteiger partial charge on any atom is 0.146 e. The topological polar surface area (TPSA) is 52.0 Å². The highest BCUT2D eigenvalue weighted by Gasteiger charge is 2.00. The number of hydrogen-bond donors (Lipinski definition) is 1. The Morgan fingerprint density at radius 3 is 2.79 bits per heavy atom. The molecule has 1 N–H and O–H groups in total. The molecule has 5 nitrogen and oxygen atoms in total. The van der Waals surface area contributed by atoms with Crippen molar-refractivity contribution in [2.24, 2.45) is 0 Å². The molecule has 1 heterocycles. The average Bonchev–Trinajstić information content (AvgIpc) is 2.50.